The summed E-state index contributed by atoms with van der Waals surface area (Å²) in [5.74, 6) is -3.74. The van der Waals surface area contributed by atoms with Crippen molar-refractivity contribution in [2.45, 2.75) is 64.2 Å². The van der Waals surface area contributed by atoms with Crippen LogP contribution in [0.2, 0.25) is 0 Å². The third-order valence-corrected chi connectivity index (χ3v) is 7.06. The molecule has 1 aliphatic rings. The molecule has 0 radical (unpaired) electrons. The summed E-state index contributed by atoms with van der Waals surface area (Å²) in [6.45, 7) is 2.37. The Morgan fingerprint density at radius 2 is 1.76 bits per heavy atom. The number of fused-ring (bicyclic) bond motifs is 1. The quantitative estimate of drug-likeness (QED) is 0.299. The molecule has 0 bridgehead atoms. The maximum Gasteiger partial charge on any atom is 0.573 e. The SMILES string of the molecule is CCCCn1cc(C(=O)N2CCC(c3cc(CNC(=O)C(F)(F)F)ccc3F)CC2)c2cccc(OC(F)(F)F)c21. The van der Waals surface area contributed by atoms with Crippen LogP contribution in [0, 0.1) is 5.82 Å². The maximum absolute atomic E-state index is 14.7. The number of rotatable bonds is 8. The minimum absolute atomic E-state index is 0.174. The van der Waals surface area contributed by atoms with Crippen molar-refractivity contribution < 1.29 is 45.1 Å². The first kappa shape index (κ1) is 30.2. The van der Waals surface area contributed by atoms with Gasteiger partial charge >= 0.3 is 18.4 Å². The van der Waals surface area contributed by atoms with Crippen molar-refractivity contribution in [3.63, 3.8) is 0 Å². The number of benzene rings is 2. The van der Waals surface area contributed by atoms with E-state index in [1.807, 2.05) is 6.92 Å². The predicted octanol–water partition coefficient (Wildman–Crippen LogP) is 6.68. The molecule has 222 valence electrons. The lowest BCUT2D eigenvalue weighted by Gasteiger charge is -2.32. The molecule has 0 unspecified atom stereocenters. The zero-order valence-corrected chi connectivity index (χ0v) is 22.0. The van der Waals surface area contributed by atoms with E-state index in [9.17, 15) is 40.3 Å². The van der Waals surface area contributed by atoms with Crippen molar-refractivity contribution in [2.75, 3.05) is 13.1 Å². The first-order chi connectivity index (χ1) is 19.3. The summed E-state index contributed by atoms with van der Waals surface area (Å²) in [4.78, 5) is 26.2. The summed E-state index contributed by atoms with van der Waals surface area (Å²) in [7, 11) is 0. The van der Waals surface area contributed by atoms with E-state index < -0.39 is 36.6 Å². The van der Waals surface area contributed by atoms with Crippen LogP contribution in [0.4, 0.5) is 30.7 Å². The Morgan fingerprint density at radius 1 is 1.05 bits per heavy atom. The van der Waals surface area contributed by atoms with Crippen LogP contribution in [0.5, 0.6) is 5.75 Å². The number of unbranched alkanes of at least 4 members (excludes halogenated alkanes) is 1. The number of para-hydroxylation sites is 1. The molecule has 0 atom stereocenters. The number of hydrogen-bond donors (Lipinski definition) is 1. The molecule has 6 nitrogen and oxygen atoms in total. The fourth-order valence-corrected chi connectivity index (χ4v) is 5.07. The Bertz CT molecular complexity index is 1410. The lowest BCUT2D eigenvalue weighted by atomic mass is 9.88. The van der Waals surface area contributed by atoms with E-state index in [0.717, 1.165) is 12.5 Å². The molecule has 0 saturated carbocycles. The van der Waals surface area contributed by atoms with Gasteiger partial charge in [-0.1, -0.05) is 37.6 Å². The molecule has 2 amide bonds. The first-order valence-electron chi connectivity index (χ1n) is 13.1. The molecule has 2 aromatic carbocycles. The molecule has 1 saturated heterocycles. The molecule has 4 rings (SSSR count). The number of amides is 2. The van der Waals surface area contributed by atoms with Gasteiger partial charge < -0.3 is 19.5 Å². The Balaban J connectivity index is 1.51. The largest absolute Gasteiger partial charge is 0.573 e. The minimum atomic E-state index is -5.03. The van der Waals surface area contributed by atoms with Crippen molar-refractivity contribution in [3.8, 4) is 5.75 Å². The van der Waals surface area contributed by atoms with Gasteiger partial charge in [-0.3, -0.25) is 9.59 Å². The van der Waals surface area contributed by atoms with Gasteiger partial charge in [-0.2, -0.15) is 13.2 Å². The number of carbonyl (C=O) groups excluding carboxylic acids is 2. The van der Waals surface area contributed by atoms with Gasteiger partial charge in [0.25, 0.3) is 5.91 Å². The van der Waals surface area contributed by atoms with Crippen molar-refractivity contribution >= 4 is 22.7 Å². The van der Waals surface area contributed by atoms with E-state index in [0.29, 0.717) is 36.8 Å². The van der Waals surface area contributed by atoms with Crippen molar-refractivity contribution in [1.29, 1.82) is 0 Å². The van der Waals surface area contributed by atoms with Crippen LogP contribution in [-0.4, -0.2) is 46.9 Å². The number of nitrogens with one attached hydrogen (secondary N) is 1. The van der Waals surface area contributed by atoms with Gasteiger partial charge in [-0.15, -0.1) is 13.2 Å². The van der Waals surface area contributed by atoms with Crippen LogP contribution in [0.25, 0.3) is 10.9 Å². The second kappa shape index (κ2) is 12.0. The summed E-state index contributed by atoms with van der Waals surface area (Å²) in [6, 6.07) is 8.00. The third kappa shape index (κ3) is 7.12. The van der Waals surface area contributed by atoms with Crippen LogP contribution in [0.15, 0.2) is 42.6 Å². The van der Waals surface area contributed by atoms with Crippen molar-refractivity contribution in [3.05, 3.63) is 65.1 Å². The lowest BCUT2D eigenvalue weighted by molar-refractivity contribution is -0.274. The molecule has 0 aliphatic carbocycles. The van der Waals surface area contributed by atoms with Crippen LogP contribution >= 0.6 is 0 Å². The minimum Gasteiger partial charge on any atom is -0.404 e. The zero-order chi connectivity index (χ0) is 29.9. The van der Waals surface area contributed by atoms with Gasteiger partial charge in [-0.25, -0.2) is 4.39 Å². The number of carbonyl (C=O) groups is 2. The number of aromatic nitrogens is 1. The third-order valence-electron chi connectivity index (χ3n) is 7.06. The number of ether oxygens (including phenoxy) is 1. The standard InChI is InChI=1S/C28H28F7N3O3/c1-2-3-11-38-16-21(19-5-4-6-23(24(19)38)41-28(33,34)35)25(39)37-12-9-18(10-13-37)20-14-17(7-8-22(20)29)15-36-26(40)27(30,31)32/h4-8,14,16,18H,2-3,9-13,15H2,1H3,(H,36,40). The molecule has 13 heteroatoms. The topological polar surface area (TPSA) is 63.6 Å². The average Bonchev–Trinajstić information content (AvgIpc) is 3.29. The van der Waals surface area contributed by atoms with E-state index >= 15 is 0 Å². The molecular weight excluding hydrogens is 559 g/mol. The molecular formula is C28H28F7N3O3. The Hall–Kier alpha value is -3.77. The molecule has 3 aromatic rings. The molecule has 1 fully saturated rings. The Kier molecular flexibility index (Phi) is 8.83. The van der Waals surface area contributed by atoms with Crippen LogP contribution < -0.4 is 10.1 Å². The highest BCUT2D eigenvalue weighted by Crippen LogP contribution is 2.36. The summed E-state index contributed by atoms with van der Waals surface area (Å²) >= 11 is 0. The van der Waals surface area contributed by atoms with Crippen LogP contribution in [0.1, 0.15) is 60.0 Å². The van der Waals surface area contributed by atoms with Crippen LogP contribution in [-0.2, 0) is 17.9 Å². The summed E-state index contributed by atoms with van der Waals surface area (Å²) in [5, 5.41) is 2.09. The average molecular weight is 588 g/mol. The zero-order valence-electron chi connectivity index (χ0n) is 22.0. The lowest BCUT2D eigenvalue weighted by Crippen LogP contribution is -2.38. The van der Waals surface area contributed by atoms with Gasteiger partial charge in [0, 0.05) is 37.8 Å². The molecule has 1 aromatic heterocycles. The Morgan fingerprint density at radius 3 is 2.39 bits per heavy atom. The molecule has 1 N–H and O–H groups in total. The van der Waals surface area contributed by atoms with E-state index in [1.165, 1.54) is 30.5 Å². The van der Waals surface area contributed by atoms with Crippen molar-refractivity contribution in [2.24, 2.45) is 0 Å². The maximum atomic E-state index is 14.7. The highest BCUT2D eigenvalue weighted by Gasteiger charge is 2.38. The van der Waals surface area contributed by atoms with E-state index in [1.54, 1.807) is 20.9 Å². The fourth-order valence-electron chi connectivity index (χ4n) is 5.07. The number of nitrogens with zero attached hydrogens (tertiary/aromatic N) is 2. The number of halogens is 7. The van der Waals surface area contributed by atoms with Gasteiger partial charge in [-0.05, 0) is 48.4 Å². The molecule has 0 spiro atoms. The second-order valence-corrected chi connectivity index (χ2v) is 9.89. The monoisotopic (exact) mass is 587 g/mol. The summed E-state index contributed by atoms with van der Waals surface area (Å²) in [6.07, 6.45) is -6.22. The number of alkyl halides is 6. The summed E-state index contributed by atoms with van der Waals surface area (Å²) in [5.41, 5.74) is 0.985. The summed E-state index contributed by atoms with van der Waals surface area (Å²) < 4.78 is 97.1. The van der Waals surface area contributed by atoms with Gasteiger partial charge in [0.15, 0.2) is 5.75 Å². The van der Waals surface area contributed by atoms with E-state index in [4.69, 9.17) is 0 Å². The number of hydrogen-bond acceptors (Lipinski definition) is 3. The normalized spacial score (nSPS) is 14.9. The molecule has 41 heavy (non-hydrogen) atoms. The Labute approximate surface area is 231 Å². The molecule has 1 aliphatic heterocycles. The smallest absolute Gasteiger partial charge is 0.404 e. The number of aryl methyl sites for hydroxylation is 1. The van der Waals surface area contributed by atoms with Gasteiger partial charge in [0.1, 0.15) is 5.82 Å². The number of piperidine rings is 1. The highest BCUT2D eigenvalue weighted by molar-refractivity contribution is 6.08. The highest BCUT2D eigenvalue weighted by atomic mass is 19.4. The first-order valence-corrected chi connectivity index (χ1v) is 13.1. The fraction of sp³-hybridized carbons (Fsp3) is 0.429. The van der Waals surface area contributed by atoms with Crippen molar-refractivity contribution in [1.82, 2.24) is 14.8 Å². The van der Waals surface area contributed by atoms with Gasteiger partial charge in [0.05, 0.1) is 11.1 Å². The van der Waals surface area contributed by atoms with Crippen LogP contribution in [0.3, 0.4) is 0 Å². The molecule has 2 heterocycles. The predicted molar refractivity (Wildman–Crippen MR) is 136 cm³/mol. The van der Waals surface area contributed by atoms with Gasteiger partial charge in [0.2, 0.25) is 0 Å². The number of likely N-dealkylation sites (tertiary alicyclic amines) is 1. The van der Waals surface area contributed by atoms with E-state index in [-0.39, 0.29) is 41.6 Å². The second-order valence-electron chi connectivity index (χ2n) is 9.89. The van der Waals surface area contributed by atoms with E-state index in [2.05, 4.69) is 4.74 Å².